The fraction of sp³-hybridized carbons (Fsp3) is 0.478. The number of nitrogens with one attached hydrogen (secondary N) is 1. The van der Waals surface area contributed by atoms with Gasteiger partial charge in [0.2, 0.25) is 5.91 Å². The van der Waals surface area contributed by atoms with E-state index in [0.717, 1.165) is 36.6 Å². The standard InChI is InChI=1S/C23H28N4O3/c1-4-15-10-11-16(30-15)18-21-20-17(22(28)26(3)23(29)25(20)2)19(27(21)13-12-24-18)14-8-6-5-7-9-14/h5-11,17-21,24H,4,12-13H2,1-3H3. The molecular formula is C23H28N4O3. The van der Waals surface area contributed by atoms with E-state index in [0.29, 0.717) is 0 Å². The van der Waals surface area contributed by atoms with E-state index in [1.54, 1.807) is 11.9 Å². The van der Waals surface area contributed by atoms with Crippen LogP contribution in [0.3, 0.4) is 0 Å². The number of imide groups is 1. The Labute approximate surface area is 176 Å². The van der Waals surface area contributed by atoms with Gasteiger partial charge in [-0.05, 0) is 17.7 Å². The van der Waals surface area contributed by atoms with E-state index in [9.17, 15) is 9.59 Å². The molecule has 7 nitrogen and oxygen atoms in total. The molecule has 3 amide bonds. The molecule has 3 fully saturated rings. The number of piperazine rings is 1. The van der Waals surface area contributed by atoms with Crippen molar-refractivity contribution in [1.29, 1.82) is 0 Å². The lowest BCUT2D eigenvalue weighted by molar-refractivity contribution is -0.137. The zero-order valence-electron chi connectivity index (χ0n) is 17.6. The first-order valence-corrected chi connectivity index (χ1v) is 10.7. The monoisotopic (exact) mass is 408 g/mol. The van der Waals surface area contributed by atoms with E-state index in [1.165, 1.54) is 4.90 Å². The summed E-state index contributed by atoms with van der Waals surface area (Å²) in [6.07, 6.45) is 0.835. The zero-order valence-corrected chi connectivity index (χ0v) is 17.6. The number of aryl methyl sites for hydroxylation is 1. The van der Waals surface area contributed by atoms with Gasteiger partial charge in [0.25, 0.3) is 0 Å². The third kappa shape index (κ3) is 2.72. The Morgan fingerprint density at radius 3 is 2.53 bits per heavy atom. The highest BCUT2D eigenvalue weighted by molar-refractivity contribution is 5.99. The van der Waals surface area contributed by atoms with Crippen LogP contribution in [0, 0.1) is 5.92 Å². The fourth-order valence-corrected chi connectivity index (χ4v) is 5.64. The highest BCUT2D eigenvalue weighted by atomic mass is 16.3. The summed E-state index contributed by atoms with van der Waals surface area (Å²) in [6.45, 7) is 3.68. The lowest BCUT2D eigenvalue weighted by Gasteiger charge is -2.44. The average Bonchev–Trinajstić information content (AvgIpc) is 3.39. The maximum absolute atomic E-state index is 13.4. The molecule has 0 saturated carbocycles. The molecule has 30 heavy (non-hydrogen) atoms. The van der Waals surface area contributed by atoms with Gasteiger partial charge in [-0.25, -0.2) is 4.79 Å². The van der Waals surface area contributed by atoms with Gasteiger partial charge in [-0.15, -0.1) is 0 Å². The third-order valence-electron chi connectivity index (χ3n) is 7.00. The maximum atomic E-state index is 13.4. The molecular weight excluding hydrogens is 380 g/mol. The molecule has 7 heteroatoms. The minimum Gasteiger partial charge on any atom is -0.464 e. The molecule has 0 aliphatic carbocycles. The normalized spacial score (nSPS) is 31.8. The van der Waals surface area contributed by atoms with E-state index < -0.39 is 0 Å². The Morgan fingerprint density at radius 2 is 1.83 bits per heavy atom. The van der Waals surface area contributed by atoms with Gasteiger partial charge in [-0.2, -0.15) is 0 Å². The second-order valence-electron chi connectivity index (χ2n) is 8.48. The van der Waals surface area contributed by atoms with Crippen molar-refractivity contribution in [2.75, 3.05) is 27.2 Å². The van der Waals surface area contributed by atoms with E-state index in [1.807, 2.05) is 37.4 Å². The molecule has 3 saturated heterocycles. The molecule has 2 aromatic rings. The van der Waals surface area contributed by atoms with Gasteiger partial charge in [-0.1, -0.05) is 37.3 Å². The number of furan rings is 1. The van der Waals surface area contributed by atoms with Crippen LogP contribution in [-0.4, -0.2) is 65.9 Å². The van der Waals surface area contributed by atoms with Crippen LogP contribution in [0.4, 0.5) is 4.79 Å². The van der Waals surface area contributed by atoms with Gasteiger partial charge in [0.1, 0.15) is 11.5 Å². The van der Waals surface area contributed by atoms with E-state index >= 15 is 0 Å². The quantitative estimate of drug-likeness (QED) is 0.845. The van der Waals surface area contributed by atoms with E-state index in [4.69, 9.17) is 4.42 Å². The van der Waals surface area contributed by atoms with Gasteiger partial charge in [-0.3, -0.25) is 14.6 Å². The second-order valence-corrected chi connectivity index (χ2v) is 8.48. The zero-order chi connectivity index (χ0) is 21.0. The van der Waals surface area contributed by atoms with E-state index in [2.05, 4.69) is 29.3 Å². The molecule has 1 N–H and O–H groups in total. The van der Waals surface area contributed by atoms with Gasteiger partial charge in [0.15, 0.2) is 0 Å². The molecule has 0 spiro atoms. The van der Waals surface area contributed by atoms with Crippen molar-refractivity contribution in [3.05, 3.63) is 59.5 Å². The Balaban J connectivity index is 1.63. The molecule has 0 bridgehead atoms. The SMILES string of the molecule is CCc1ccc(C2NCCN3C(c4ccccc4)C4C(=O)N(C)C(=O)N(C)C4C23)o1. The number of likely N-dealkylation sites (N-methyl/N-ethyl adjacent to an activating group) is 1. The molecule has 4 heterocycles. The van der Waals surface area contributed by atoms with Crippen LogP contribution < -0.4 is 5.32 Å². The third-order valence-corrected chi connectivity index (χ3v) is 7.00. The first-order chi connectivity index (χ1) is 14.5. The van der Waals surface area contributed by atoms with Gasteiger partial charge >= 0.3 is 6.03 Å². The van der Waals surface area contributed by atoms with Gasteiger partial charge < -0.3 is 14.6 Å². The van der Waals surface area contributed by atoms with Crippen LogP contribution in [0.25, 0.3) is 0 Å². The number of hydrogen-bond acceptors (Lipinski definition) is 5. The van der Waals surface area contributed by atoms with Crippen molar-refractivity contribution in [1.82, 2.24) is 20.0 Å². The number of fused-ring (bicyclic) bond motifs is 3. The lowest BCUT2D eigenvalue weighted by Crippen LogP contribution is -2.63. The molecule has 3 aliphatic heterocycles. The highest BCUT2D eigenvalue weighted by Gasteiger charge is 2.61. The van der Waals surface area contributed by atoms with Crippen molar-refractivity contribution in [2.45, 2.75) is 37.5 Å². The summed E-state index contributed by atoms with van der Waals surface area (Å²) in [5, 5.41) is 3.61. The fourth-order valence-electron chi connectivity index (χ4n) is 5.64. The largest absolute Gasteiger partial charge is 0.464 e. The van der Waals surface area contributed by atoms with Crippen LogP contribution >= 0.6 is 0 Å². The number of nitrogens with zero attached hydrogens (tertiary/aromatic N) is 3. The summed E-state index contributed by atoms with van der Waals surface area (Å²) in [4.78, 5) is 31.7. The van der Waals surface area contributed by atoms with Crippen LogP contribution in [-0.2, 0) is 11.2 Å². The van der Waals surface area contributed by atoms with Gasteiger partial charge in [0.05, 0.1) is 24.0 Å². The van der Waals surface area contributed by atoms with Crippen LogP contribution in [0.5, 0.6) is 0 Å². The first-order valence-electron chi connectivity index (χ1n) is 10.7. The van der Waals surface area contributed by atoms with Gasteiger partial charge in [0, 0.05) is 39.6 Å². The first kappa shape index (κ1) is 19.3. The van der Waals surface area contributed by atoms with E-state index in [-0.39, 0.29) is 42.0 Å². The molecule has 1 aromatic heterocycles. The Kier molecular flexibility index (Phi) is 4.67. The molecule has 5 unspecified atom stereocenters. The minimum atomic E-state index is -0.312. The molecule has 5 atom stereocenters. The number of carbonyl (C=O) groups excluding carboxylic acids is 2. The summed E-state index contributed by atoms with van der Waals surface area (Å²) in [5.74, 6) is 1.41. The van der Waals surface area contributed by atoms with Crippen molar-refractivity contribution >= 4 is 11.9 Å². The Morgan fingerprint density at radius 1 is 1.07 bits per heavy atom. The molecule has 0 radical (unpaired) electrons. The average molecular weight is 409 g/mol. The van der Waals surface area contributed by atoms with Crippen molar-refractivity contribution in [3.8, 4) is 0 Å². The smallest absolute Gasteiger partial charge is 0.326 e. The van der Waals surface area contributed by atoms with Crippen LogP contribution in [0.1, 0.15) is 36.1 Å². The number of amides is 3. The molecule has 158 valence electrons. The minimum absolute atomic E-state index is 0.0450. The number of rotatable bonds is 3. The summed E-state index contributed by atoms with van der Waals surface area (Å²) in [6, 6.07) is 13.6. The number of carbonyl (C=O) groups is 2. The number of hydrogen-bond donors (Lipinski definition) is 1. The molecule has 5 rings (SSSR count). The van der Waals surface area contributed by atoms with Crippen molar-refractivity contribution in [3.63, 3.8) is 0 Å². The van der Waals surface area contributed by atoms with Crippen LogP contribution in [0.15, 0.2) is 46.9 Å². The summed E-state index contributed by atoms with van der Waals surface area (Å²) < 4.78 is 6.12. The maximum Gasteiger partial charge on any atom is 0.326 e. The topological polar surface area (TPSA) is 69.0 Å². The van der Waals surface area contributed by atoms with Crippen molar-refractivity contribution < 1.29 is 14.0 Å². The number of benzene rings is 1. The lowest BCUT2D eigenvalue weighted by atomic mass is 9.84. The molecule has 1 aromatic carbocycles. The summed E-state index contributed by atoms with van der Waals surface area (Å²) in [7, 11) is 3.41. The second kappa shape index (κ2) is 7.25. The Hall–Kier alpha value is -2.64. The van der Waals surface area contributed by atoms with Crippen LogP contribution in [0.2, 0.25) is 0 Å². The Bertz CT molecular complexity index is 958. The molecule has 3 aliphatic rings. The summed E-state index contributed by atoms with van der Waals surface area (Å²) in [5.41, 5.74) is 1.12. The predicted molar refractivity (Wildman–Crippen MR) is 112 cm³/mol. The number of urea groups is 1. The highest BCUT2D eigenvalue weighted by Crippen LogP contribution is 2.50. The van der Waals surface area contributed by atoms with Crippen molar-refractivity contribution in [2.24, 2.45) is 5.92 Å². The summed E-state index contributed by atoms with van der Waals surface area (Å²) >= 11 is 0. The predicted octanol–water partition coefficient (Wildman–Crippen LogP) is 2.42.